The standard InChI is InChI=1S/C21H18N4O2/c1-27-20-7-3-2-6-19(20)25-14-24-17-11-16(8-9-18(17)25)21(26)23-13-15-5-4-10-22-12-15/h2-12,14H,13H2,1H3,(H,23,26). The van der Waals surface area contributed by atoms with E-state index in [0.717, 1.165) is 28.0 Å². The Kier molecular flexibility index (Phi) is 4.53. The van der Waals surface area contributed by atoms with Crippen molar-refractivity contribution in [2.75, 3.05) is 7.11 Å². The quantitative estimate of drug-likeness (QED) is 0.594. The zero-order valence-electron chi connectivity index (χ0n) is 14.8. The molecule has 27 heavy (non-hydrogen) atoms. The summed E-state index contributed by atoms with van der Waals surface area (Å²) in [5.74, 6) is 0.614. The number of carbonyl (C=O) groups excluding carboxylic acids is 1. The normalized spacial score (nSPS) is 10.7. The van der Waals surface area contributed by atoms with E-state index in [9.17, 15) is 4.79 Å². The maximum atomic E-state index is 12.5. The predicted octanol–water partition coefficient (Wildman–Crippen LogP) is 3.36. The van der Waals surface area contributed by atoms with Crippen molar-refractivity contribution in [2.24, 2.45) is 0 Å². The maximum absolute atomic E-state index is 12.5. The fraction of sp³-hybridized carbons (Fsp3) is 0.0952. The summed E-state index contributed by atoms with van der Waals surface area (Å²) in [5.41, 5.74) is 4.07. The minimum atomic E-state index is -0.146. The van der Waals surface area contributed by atoms with Gasteiger partial charge in [-0.1, -0.05) is 18.2 Å². The average molecular weight is 358 g/mol. The van der Waals surface area contributed by atoms with Gasteiger partial charge in [0.1, 0.15) is 12.1 Å². The molecule has 6 nitrogen and oxygen atoms in total. The molecule has 0 saturated heterocycles. The van der Waals surface area contributed by atoms with Crippen LogP contribution < -0.4 is 10.1 Å². The SMILES string of the molecule is COc1ccccc1-n1cnc2cc(C(=O)NCc3cccnc3)ccc21. The summed E-state index contributed by atoms with van der Waals surface area (Å²) in [5, 5.41) is 2.90. The highest BCUT2D eigenvalue weighted by atomic mass is 16.5. The molecule has 2 aromatic carbocycles. The Labute approximate surface area is 156 Å². The summed E-state index contributed by atoms with van der Waals surface area (Å²) in [6, 6.07) is 17.0. The van der Waals surface area contributed by atoms with E-state index in [2.05, 4.69) is 15.3 Å². The van der Waals surface area contributed by atoms with Gasteiger partial charge in [-0.3, -0.25) is 14.3 Å². The predicted molar refractivity (Wildman–Crippen MR) is 103 cm³/mol. The second-order valence-electron chi connectivity index (χ2n) is 6.03. The van der Waals surface area contributed by atoms with Gasteiger partial charge in [0, 0.05) is 24.5 Å². The van der Waals surface area contributed by atoms with E-state index < -0.39 is 0 Å². The summed E-state index contributed by atoms with van der Waals surface area (Å²) in [7, 11) is 1.64. The largest absolute Gasteiger partial charge is 0.495 e. The molecule has 0 aliphatic heterocycles. The van der Waals surface area contributed by atoms with Crippen LogP contribution in [-0.2, 0) is 6.54 Å². The molecule has 6 heteroatoms. The Morgan fingerprint density at radius 2 is 2.04 bits per heavy atom. The molecule has 0 fully saturated rings. The first kappa shape index (κ1) is 16.8. The lowest BCUT2D eigenvalue weighted by molar-refractivity contribution is 0.0951. The highest BCUT2D eigenvalue weighted by molar-refractivity contribution is 5.97. The van der Waals surface area contributed by atoms with Gasteiger partial charge in [0.25, 0.3) is 5.91 Å². The molecule has 2 heterocycles. The smallest absolute Gasteiger partial charge is 0.251 e. The van der Waals surface area contributed by atoms with Gasteiger partial charge in [0.05, 0.1) is 23.8 Å². The van der Waals surface area contributed by atoms with Crippen LogP contribution in [-0.4, -0.2) is 27.6 Å². The number of carbonyl (C=O) groups is 1. The fourth-order valence-corrected chi connectivity index (χ4v) is 2.96. The van der Waals surface area contributed by atoms with Crippen molar-refractivity contribution in [2.45, 2.75) is 6.54 Å². The van der Waals surface area contributed by atoms with Gasteiger partial charge in [0.15, 0.2) is 0 Å². The molecule has 0 aliphatic rings. The minimum Gasteiger partial charge on any atom is -0.495 e. The van der Waals surface area contributed by atoms with E-state index in [-0.39, 0.29) is 5.91 Å². The molecule has 0 atom stereocenters. The van der Waals surface area contributed by atoms with Crippen LogP contribution in [0.2, 0.25) is 0 Å². The van der Waals surface area contributed by atoms with Gasteiger partial charge in [-0.25, -0.2) is 4.98 Å². The first-order valence-corrected chi connectivity index (χ1v) is 8.54. The number of para-hydroxylation sites is 2. The highest BCUT2D eigenvalue weighted by Crippen LogP contribution is 2.26. The van der Waals surface area contributed by atoms with Crippen LogP contribution in [0.15, 0.2) is 73.3 Å². The van der Waals surface area contributed by atoms with Crippen LogP contribution in [0, 0.1) is 0 Å². The number of rotatable bonds is 5. The summed E-state index contributed by atoms with van der Waals surface area (Å²) in [6.07, 6.45) is 5.18. The number of methoxy groups -OCH3 is 1. The van der Waals surface area contributed by atoms with E-state index in [4.69, 9.17) is 4.74 Å². The van der Waals surface area contributed by atoms with Gasteiger partial charge in [0.2, 0.25) is 0 Å². The third-order valence-electron chi connectivity index (χ3n) is 4.33. The van der Waals surface area contributed by atoms with E-state index in [1.54, 1.807) is 38.0 Å². The molecule has 2 aromatic heterocycles. The van der Waals surface area contributed by atoms with Gasteiger partial charge >= 0.3 is 0 Å². The Morgan fingerprint density at radius 3 is 2.85 bits per heavy atom. The zero-order valence-corrected chi connectivity index (χ0v) is 14.8. The number of amides is 1. The van der Waals surface area contributed by atoms with Crippen molar-refractivity contribution >= 4 is 16.9 Å². The summed E-state index contributed by atoms with van der Waals surface area (Å²) in [4.78, 5) is 20.9. The number of hydrogen-bond donors (Lipinski definition) is 1. The number of nitrogens with one attached hydrogen (secondary N) is 1. The lowest BCUT2D eigenvalue weighted by Crippen LogP contribution is -2.22. The van der Waals surface area contributed by atoms with Crippen LogP contribution in [0.4, 0.5) is 0 Å². The molecular formula is C21H18N4O2. The first-order valence-electron chi connectivity index (χ1n) is 8.54. The summed E-state index contributed by atoms with van der Waals surface area (Å²) < 4.78 is 7.39. The Morgan fingerprint density at radius 1 is 1.15 bits per heavy atom. The number of aromatic nitrogens is 3. The molecule has 0 radical (unpaired) electrons. The number of nitrogens with zero attached hydrogens (tertiary/aromatic N) is 3. The van der Waals surface area contributed by atoms with Crippen LogP contribution >= 0.6 is 0 Å². The van der Waals surface area contributed by atoms with Gasteiger partial charge in [-0.05, 0) is 42.0 Å². The van der Waals surface area contributed by atoms with Gasteiger partial charge in [-0.2, -0.15) is 0 Å². The Bertz CT molecular complexity index is 1090. The maximum Gasteiger partial charge on any atom is 0.251 e. The topological polar surface area (TPSA) is 69.0 Å². The van der Waals surface area contributed by atoms with E-state index in [1.165, 1.54) is 0 Å². The van der Waals surface area contributed by atoms with Crippen molar-refractivity contribution in [3.63, 3.8) is 0 Å². The molecule has 0 spiro atoms. The molecule has 0 saturated carbocycles. The van der Waals surface area contributed by atoms with E-state index >= 15 is 0 Å². The summed E-state index contributed by atoms with van der Waals surface area (Å²) >= 11 is 0. The van der Waals surface area contributed by atoms with Gasteiger partial charge in [-0.15, -0.1) is 0 Å². The van der Waals surface area contributed by atoms with Crippen molar-refractivity contribution in [3.05, 3.63) is 84.4 Å². The monoisotopic (exact) mass is 358 g/mol. The third-order valence-corrected chi connectivity index (χ3v) is 4.33. The van der Waals surface area contributed by atoms with Crippen molar-refractivity contribution in [1.29, 1.82) is 0 Å². The number of benzene rings is 2. The van der Waals surface area contributed by atoms with E-state index in [1.807, 2.05) is 47.0 Å². The van der Waals surface area contributed by atoms with E-state index in [0.29, 0.717) is 12.1 Å². The molecule has 1 amide bonds. The lowest BCUT2D eigenvalue weighted by atomic mass is 10.1. The van der Waals surface area contributed by atoms with Crippen LogP contribution in [0.1, 0.15) is 15.9 Å². The molecule has 1 N–H and O–H groups in total. The Balaban J connectivity index is 1.59. The zero-order chi connectivity index (χ0) is 18.6. The second-order valence-corrected chi connectivity index (χ2v) is 6.03. The number of pyridine rings is 1. The second kappa shape index (κ2) is 7.29. The fourth-order valence-electron chi connectivity index (χ4n) is 2.96. The minimum absolute atomic E-state index is 0.146. The third kappa shape index (κ3) is 3.37. The number of imidazole rings is 1. The first-order chi connectivity index (χ1) is 13.3. The molecule has 0 aliphatic carbocycles. The molecule has 0 bridgehead atoms. The van der Waals surface area contributed by atoms with Crippen LogP contribution in [0.25, 0.3) is 16.7 Å². The average Bonchev–Trinajstić information content (AvgIpc) is 3.15. The molecule has 4 rings (SSSR count). The molecular weight excluding hydrogens is 340 g/mol. The van der Waals surface area contributed by atoms with Crippen molar-refractivity contribution < 1.29 is 9.53 Å². The number of ether oxygens (including phenoxy) is 1. The molecule has 134 valence electrons. The van der Waals surface area contributed by atoms with Crippen molar-refractivity contribution in [1.82, 2.24) is 19.9 Å². The number of fused-ring (bicyclic) bond motifs is 1. The highest BCUT2D eigenvalue weighted by Gasteiger charge is 2.12. The lowest BCUT2D eigenvalue weighted by Gasteiger charge is -2.10. The van der Waals surface area contributed by atoms with Gasteiger partial charge < -0.3 is 10.1 Å². The van der Waals surface area contributed by atoms with Crippen LogP contribution in [0.5, 0.6) is 5.75 Å². The molecule has 4 aromatic rings. The summed E-state index contributed by atoms with van der Waals surface area (Å²) in [6.45, 7) is 0.431. The number of hydrogen-bond acceptors (Lipinski definition) is 4. The molecule has 0 unspecified atom stereocenters. The Hall–Kier alpha value is -3.67. The van der Waals surface area contributed by atoms with Crippen LogP contribution in [0.3, 0.4) is 0 Å². The van der Waals surface area contributed by atoms with Crippen molar-refractivity contribution in [3.8, 4) is 11.4 Å².